The summed E-state index contributed by atoms with van der Waals surface area (Å²) in [4.78, 5) is 11.1. The van der Waals surface area contributed by atoms with Crippen molar-refractivity contribution >= 4 is 20.4 Å². The van der Waals surface area contributed by atoms with Gasteiger partial charge < -0.3 is 9.16 Å². The zero-order valence-corrected chi connectivity index (χ0v) is 15.8. The standard InChI is InChI=1S/C18H28O3Si/c1-14(21-22(6,7)18(2,3)4)16-11-8-15(9-12-16)10-13-17(19)20-5/h8-14H,1-7H3. The summed E-state index contributed by atoms with van der Waals surface area (Å²) in [6.45, 7) is 13.3. The zero-order chi connectivity index (χ0) is 17.0. The molecule has 0 fully saturated rings. The van der Waals surface area contributed by atoms with Gasteiger partial charge in [-0.1, -0.05) is 45.0 Å². The quantitative estimate of drug-likeness (QED) is 0.437. The fraction of sp³-hybridized carbons (Fsp3) is 0.500. The molecule has 1 aromatic carbocycles. The minimum atomic E-state index is -1.77. The highest BCUT2D eigenvalue weighted by molar-refractivity contribution is 6.74. The van der Waals surface area contributed by atoms with E-state index in [-0.39, 0.29) is 17.1 Å². The summed E-state index contributed by atoms with van der Waals surface area (Å²) < 4.78 is 11.0. The molecule has 0 aromatic heterocycles. The Kier molecular flexibility index (Phi) is 6.14. The second-order valence-corrected chi connectivity index (χ2v) is 11.8. The predicted octanol–water partition coefficient (Wildman–Crippen LogP) is 4.96. The van der Waals surface area contributed by atoms with Gasteiger partial charge in [0, 0.05) is 6.08 Å². The highest BCUT2D eigenvalue weighted by atomic mass is 28.4. The molecule has 1 rings (SSSR count). The summed E-state index contributed by atoms with van der Waals surface area (Å²) in [5, 5.41) is 0.199. The summed E-state index contributed by atoms with van der Waals surface area (Å²) in [6, 6.07) is 8.07. The van der Waals surface area contributed by atoms with Crippen LogP contribution in [-0.4, -0.2) is 21.4 Å². The van der Waals surface area contributed by atoms with Crippen molar-refractivity contribution < 1.29 is 14.0 Å². The summed E-state index contributed by atoms with van der Waals surface area (Å²) in [5.74, 6) is -0.348. The van der Waals surface area contributed by atoms with Crippen molar-refractivity contribution in [3.63, 3.8) is 0 Å². The van der Waals surface area contributed by atoms with Gasteiger partial charge in [0.25, 0.3) is 0 Å². The maximum Gasteiger partial charge on any atom is 0.330 e. The van der Waals surface area contributed by atoms with E-state index in [2.05, 4.69) is 57.7 Å². The fourth-order valence-electron chi connectivity index (χ4n) is 1.80. The largest absolute Gasteiger partial charge is 0.466 e. The van der Waals surface area contributed by atoms with Gasteiger partial charge in [-0.3, -0.25) is 0 Å². The minimum Gasteiger partial charge on any atom is -0.466 e. The smallest absolute Gasteiger partial charge is 0.330 e. The average Bonchev–Trinajstić information content (AvgIpc) is 2.43. The van der Waals surface area contributed by atoms with E-state index >= 15 is 0 Å². The Hall–Kier alpha value is -1.39. The molecule has 0 aliphatic rings. The number of carbonyl (C=O) groups is 1. The molecule has 0 saturated heterocycles. The van der Waals surface area contributed by atoms with Crippen LogP contribution in [0.3, 0.4) is 0 Å². The summed E-state index contributed by atoms with van der Waals surface area (Å²) in [5.41, 5.74) is 2.12. The van der Waals surface area contributed by atoms with Gasteiger partial charge in [-0.05, 0) is 42.3 Å². The molecule has 1 unspecified atom stereocenters. The number of esters is 1. The van der Waals surface area contributed by atoms with Crippen LogP contribution in [0.1, 0.15) is 44.9 Å². The predicted molar refractivity (Wildman–Crippen MR) is 94.2 cm³/mol. The number of ether oxygens (including phenoxy) is 1. The van der Waals surface area contributed by atoms with E-state index in [1.165, 1.54) is 13.2 Å². The third kappa shape index (κ3) is 5.11. The molecule has 0 spiro atoms. The minimum absolute atomic E-state index is 0.0690. The van der Waals surface area contributed by atoms with Crippen LogP contribution in [0.5, 0.6) is 0 Å². The monoisotopic (exact) mass is 320 g/mol. The Labute approximate surface area is 135 Å². The number of carbonyl (C=O) groups excluding carboxylic acids is 1. The van der Waals surface area contributed by atoms with Crippen LogP contribution in [0.2, 0.25) is 18.1 Å². The van der Waals surface area contributed by atoms with E-state index in [4.69, 9.17) is 4.43 Å². The molecule has 22 heavy (non-hydrogen) atoms. The number of rotatable bonds is 5. The maximum absolute atomic E-state index is 11.1. The topological polar surface area (TPSA) is 35.5 Å². The summed E-state index contributed by atoms with van der Waals surface area (Å²) in [7, 11) is -0.404. The van der Waals surface area contributed by atoms with Gasteiger partial charge in [0.2, 0.25) is 0 Å². The van der Waals surface area contributed by atoms with Gasteiger partial charge >= 0.3 is 5.97 Å². The fourth-order valence-corrected chi connectivity index (χ4v) is 3.17. The number of hydrogen-bond acceptors (Lipinski definition) is 3. The molecule has 0 saturated carbocycles. The second-order valence-electron chi connectivity index (χ2n) is 7.04. The average molecular weight is 321 g/mol. The lowest BCUT2D eigenvalue weighted by Gasteiger charge is -2.38. The van der Waals surface area contributed by atoms with E-state index in [9.17, 15) is 4.79 Å². The lowest BCUT2D eigenvalue weighted by molar-refractivity contribution is -0.134. The first-order valence-corrected chi connectivity index (χ1v) is 10.5. The Morgan fingerprint density at radius 1 is 1.18 bits per heavy atom. The lowest BCUT2D eigenvalue weighted by Crippen LogP contribution is -2.41. The molecule has 3 nitrogen and oxygen atoms in total. The normalized spacial score (nSPS) is 14.1. The third-order valence-corrected chi connectivity index (χ3v) is 8.85. The number of methoxy groups -OCH3 is 1. The summed E-state index contributed by atoms with van der Waals surface area (Å²) >= 11 is 0. The van der Waals surface area contributed by atoms with Crippen molar-refractivity contribution in [2.24, 2.45) is 0 Å². The van der Waals surface area contributed by atoms with Crippen LogP contribution in [0, 0.1) is 0 Å². The first kappa shape index (κ1) is 18.7. The van der Waals surface area contributed by atoms with E-state index in [1.807, 2.05) is 12.1 Å². The number of hydrogen-bond donors (Lipinski definition) is 0. The van der Waals surface area contributed by atoms with Gasteiger partial charge in [0.1, 0.15) is 0 Å². The molecule has 0 heterocycles. The second kappa shape index (κ2) is 7.25. The number of benzene rings is 1. The third-order valence-electron chi connectivity index (χ3n) is 4.30. The van der Waals surface area contributed by atoms with Gasteiger partial charge in [-0.2, -0.15) is 0 Å². The molecule has 0 bridgehead atoms. The van der Waals surface area contributed by atoms with Crippen molar-refractivity contribution in [1.82, 2.24) is 0 Å². The molecular formula is C18H28O3Si. The molecule has 0 radical (unpaired) electrons. The van der Waals surface area contributed by atoms with Crippen LogP contribution in [0.4, 0.5) is 0 Å². The van der Waals surface area contributed by atoms with Gasteiger partial charge in [0.05, 0.1) is 13.2 Å². The Balaban J connectivity index is 2.78. The van der Waals surface area contributed by atoms with Crippen LogP contribution in [0.25, 0.3) is 6.08 Å². The zero-order valence-electron chi connectivity index (χ0n) is 14.8. The van der Waals surface area contributed by atoms with Gasteiger partial charge in [-0.25, -0.2) is 4.79 Å². The maximum atomic E-state index is 11.1. The molecule has 4 heteroatoms. The van der Waals surface area contributed by atoms with E-state index in [0.29, 0.717) is 0 Å². The Bertz CT molecular complexity index is 524. The van der Waals surface area contributed by atoms with Crippen molar-refractivity contribution in [3.05, 3.63) is 41.5 Å². The Morgan fingerprint density at radius 2 is 1.73 bits per heavy atom. The SMILES string of the molecule is COC(=O)C=Cc1ccc(C(C)O[Si](C)(C)C(C)(C)C)cc1. The first-order chi connectivity index (χ1) is 10.1. The highest BCUT2D eigenvalue weighted by Crippen LogP contribution is 2.39. The lowest BCUT2D eigenvalue weighted by atomic mass is 10.1. The first-order valence-electron chi connectivity index (χ1n) is 7.60. The van der Waals surface area contributed by atoms with Crippen LogP contribution in [-0.2, 0) is 14.0 Å². The van der Waals surface area contributed by atoms with E-state index in [0.717, 1.165) is 11.1 Å². The van der Waals surface area contributed by atoms with Crippen LogP contribution in [0.15, 0.2) is 30.3 Å². The van der Waals surface area contributed by atoms with Crippen molar-refractivity contribution in [3.8, 4) is 0 Å². The van der Waals surface area contributed by atoms with Crippen LogP contribution < -0.4 is 0 Å². The highest BCUT2D eigenvalue weighted by Gasteiger charge is 2.38. The van der Waals surface area contributed by atoms with Crippen molar-refractivity contribution in [2.45, 2.75) is 51.9 Å². The Morgan fingerprint density at radius 3 is 2.18 bits per heavy atom. The van der Waals surface area contributed by atoms with Gasteiger partial charge in [0.15, 0.2) is 8.32 Å². The van der Waals surface area contributed by atoms with E-state index in [1.54, 1.807) is 6.08 Å². The van der Waals surface area contributed by atoms with E-state index < -0.39 is 8.32 Å². The molecule has 1 aromatic rings. The molecular weight excluding hydrogens is 292 g/mol. The molecule has 0 N–H and O–H groups in total. The molecule has 1 atom stereocenters. The van der Waals surface area contributed by atoms with Gasteiger partial charge in [-0.15, -0.1) is 0 Å². The van der Waals surface area contributed by atoms with Crippen molar-refractivity contribution in [1.29, 1.82) is 0 Å². The van der Waals surface area contributed by atoms with Crippen LogP contribution >= 0.6 is 0 Å². The molecule has 0 amide bonds. The molecule has 0 aliphatic carbocycles. The molecule has 122 valence electrons. The summed E-state index contributed by atoms with van der Waals surface area (Å²) in [6.07, 6.45) is 3.24. The van der Waals surface area contributed by atoms with Crippen molar-refractivity contribution in [2.75, 3.05) is 7.11 Å². The molecule has 0 aliphatic heterocycles.